The molecule has 0 fully saturated rings. The van der Waals surface area contributed by atoms with Crippen molar-refractivity contribution in [1.29, 1.82) is 0 Å². The summed E-state index contributed by atoms with van der Waals surface area (Å²) in [5.74, 6) is -0.974. The van der Waals surface area contributed by atoms with E-state index in [1.807, 2.05) is 19.1 Å². The first-order valence-corrected chi connectivity index (χ1v) is 10.6. The predicted octanol–water partition coefficient (Wildman–Crippen LogP) is 3.76. The Morgan fingerprint density at radius 2 is 1.74 bits per heavy atom. The van der Waals surface area contributed by atoms with Crippen molar-refractivity contribution in [2.24, 2.45) is 5.10 Å². The Bertz CT molecular complexity index is 1230. The molecule has 0 aliphatic heterocycles. The Balaban J connectivity index is 1.55. The number of aryl methyl sites for hydroxylation is 1. The van der Waals surface area contributed by atoms with E-state index in [9.17, 15) is 14.4 Å². The van der Waals surface area contributed by atoms with Crippen molar-refractivity contribution in [1.82, 2.24) is 10.7 Å². The number of benzene rings is 3. The monoisotopic (exact) mass is 479 g/mol. The smallest absolute Gasteiger partial charge is 0.345 e. The Morgan fingerprint density at radius 1 is 1.00 bits per heavy atom. The third-order valence-corrected chi connectivity index (χ3v) is 4.94. The highest BCUT2D eigenvalue weighted by atomic mass is 35.5. The maximum Gasteiger partial charge on any atom is 0.345 e. The van der Waals surface area contributed by atoms with Crippen LogP contribution in [0.15, 0.2) is 71.8 Å². The molecule has 3 aromatic carbocycles. The summed E-state index contributed by atoms with van der Waals surface area (Å²) in [7, 11) is 1.43. The molecule has 3 aromatic rings. The third-order valence-electron chi connectivity index (χ3n) is 4.61. The van der Waals surface area contributed by atoms with E-state index in [4.69, 9.17) is 21.1 Å². The van der Waals surface area contributed by atoms with Crippen LogP contribution in [0.3, 0.4) is 0 Å². The van der Waals surface area contributed by atoms with Crippen LogP contribution < -0.4 is 20.2 Å². The summed E-state index contributed by atoms with van der Waals surface area (Å²) in [5.41, 5.74) is 4.64. The van der Waals surface area contributed by atoms with Gasteiger partial charge in [-0.1, -0.05) is 41.4 Å². The molecule has 0 atom stereocenters. The normalized spacial score (nSPS) is 10.6. The Labute approximate surface area is 201 Å². The molecule has 0 saturated heterocycles. The van der Waals surface area contributed by atoms with Gasteiger partial charge in [-0.05, 0) is 55.0 Å². The average molecular weight is 480 g/mol. The molecule has 0 bridgehead atoms. The van der Waals surface area contributed by atoms with Crippen LogP contribution in [0.5, 0.6) is 11.5 Å². The van der Waals surface area contributed by atoms with Crippen LogP contribution in [-0.4, -0.2) is 37.7 Å². The highest BCUT2D eigenvalue weighted by Gasteiger charge is 2.15. The van der Waals surface area contributed by atoms with Crippen molar-refractivity contribution in [2.45, 2.75) is 6.92 Å². The lowest BCUT2D eigenvalue weighted by Gasteiger charge is -2.10. The fraction of sp³-hybridized carbons (Fsp3) is 0.120. The van der Waals surface area contributed by atoms with Gasteiger partial charge in [0.25, 0.3) is 11.8 Å². The average Bonchev–Trinajstić information content (AvgIpc) is 2.84. The molecule has 0 spiro atoms. The third kappa shape index (κ3) is 6.66. The van der Waals surface area contributed by atoms with Crippen molar-refractivity contribution in [3.05, 3.63) is 94.0 Å². The highest BCUT2D eigenvalue weighted by molar-refractivity contribution is 6.33. The number of hydrazone groups is 1. The fourth-order valence-electron chi connectivity index (χ4n) is 2.82. The number of nitrogens with one attached hydrogen (secondary N) is 2. The van der Waals surface area contributed by atoms with Crippen molar-refractivity contribution < 1.29 is 23.9 Å². The van der Waals surface area contributed by atoms with E-state index in [1.54, 1.807) is 54.6 Å². The van der Waals surface area contributed by atoms with Gasteiger partial charge in [-0.25, -0.2) is 10.2 Å². The van der Waals surface area contributed by atoms with Crippen molar-refractivity contribution in [3.8, 4) is 11.5 Å². The predicted molar refractivity (Wildman–Crippen MR) is 129 cm³/mol. The maximum atomic E-state index is 12.4. The van der Waals surface area contributed by atoms with Crippen LogP contribution in [0.2, 0.25) is 5.02 Å². The SMILES string of the molecule is COc1cc(/C=N/NC(=O)CNC(=O)c2ccc(C)cc2)ccc1OC(=O)c1ccccc1Cl. The van der Waals surface area contributed by atoms with Crippen molar-refractivity contribution in [2.75, 3.05) is 13.7 Å². The summed E-state index contributed by atoms with van der Waals surface area (Å²) in [6.45, 7) is 1.69. The first-order chi connectivity index (χ1) is 16.4. The number of hydrogen-bond acceptors (Lipinski definition) is 6. The Kier molecular flexibility index (Phi) is 8.37. The number of carbonyl (C=O) groups is 3. The van der Waals surface area contributed by atoms with E-state index in [-0.39, 0.29) is 28.8 Å². The molecule has 0 radical (unpaired) electrons. The van der Waals surface area contributed by atoms with Crippen LogP contribution in [0, 0.1) is 6.92 Å². The summed E-state index contributed by atoms with van der Waals surface area (Å²) >= 11 is 6.04. The zero-order chi connectivity index (χ0) is 24.5. The summed E-state index contributed by atoms with van der Waals surface area (Å²) in [6.07, 6.45) is 1.39. The molecule has 2 amide bonds. The van der Waals surface area contributed by atoms with E-state index in [1.165, 1.54) is 13.3 Å². The van der Waals surface area contributed by atoms with Crippen LogP contribution in [0.25, 0.3) is 0 Å². The van der Waals surface area contributed by atoms with Crippen LogP contribution in [0.1, 0.15) is 31.8 Å². The summed E-state index contributed by atoms with van der Waals surface area (Å²) in [6, 6.07) is 18.3. The largest absolute Gasteiger partial charge is 0.493 e. The second-order valence-corrected chi connectivity index (χ2v) is 7.53. The fourth-order valence-corrected chi connectivity index (χ4v) is 3.03. The minimum Gasteiger partial charge on any atom is -0.493 e. The standard InChI is InChI=1S/C25H22ClN3O5/c1-16-7-10-18(11-8-16)24(31)27-15-23(30)29-28-14-17-9-12-21(22(13-17)33-2)34-25(32)19-5-3-4-6-20(19)26/h3-14H,15H2,1-2H3,(H,27,31)(H,29,30)/b28-14+. The molecule has 0 aliphatic carbocycles. The number of ether oxygens (including phenoxy) is 2. The van der Waals surface area contributed by atoms with Gasteiger partial charge in [0.15, 0.2) is 11.5 Å². The molecule has 0 aromatic heterocycles. The van der Waals surface area contributed by atoms with Gasteiger partial charge in [0, 0.05) is 5.56 Å². The number of esters is 1. The van der Waals surface area contributed by atoms with Gasteiger partial charge in [-0.15, -0.1) is 0 Å². The Morgan fingerprint density at radius 3 is 2.44 bits per heavy atom. The van der Waals surface area contributed by atoms with Gasteiger partial charge in [-0.3, -0.25) is 9.59 Å². The molecule has 174 valence electrons. The summed E-state index contributed by atoms with van der Waals surface area (Å²) in [5, 5.41) is 6.68. The maximum absolute atomic E-state index is 12.4. The van der Waals surface area contributed by atoms with Crippen molar-refractivity contribution in [3.63, 3.8) is 0 Å². The van der Waals surface area contributed by atoms with Gasteiger partial charge < -0.3 is 14.8 Å². The summed E-state index contributed by atoms with van der Waals surface area (Å²) < 4.78 is 10.7. The van der Waals surface area contributed by atoms with Crippen LogP contribution >= 0.6 is 11.6 Å². The molecule has 8 nitrogen and oxygen atoms in total. The van der Waals surface area contributed by atoms with E-state index in [0.29, 0.717) is 16.9 Å². The van der Waals surface area contributed by atoms with Gasteiger partial charge in [0.1, 0.15) is 0 Å². The molecule has 0 unspecified atom stereocenters. The quantitative estimate of drug-likeness (QED) is 0.221. The van der Waals surface area contributed by atoms with Gasteiger partial charge in [0.2, 0.25) is 0 Å². The lowest BCUT2D eigenvalue weighted by molar-refractivity contribution is -0.120. The van der Waals surface area contributed by atoms with Gasteiger partial charge in [-0.2, -0.15) is 5.10 Å². The molecular weight excluding hydrogens is 458 g/mol. The number of methoxy groups -OCH3 is 1. The van der Waals surface area contributed by atoms with Crippen LogP contribution in [0.4, 0.5) is 0 Å². The highest BCUT2D eigenvalue weighted by Crippen LogP contribution is 2.29. The molecule has 34 heavy (non-hydrogen) atoms. The molecule has 2 N–H and O–H groups in total. The van der Waals surface area contributed by atoms with Gasteiger partial charge in [0.05, 0.1) is 30.5 Å². The van der Waals surface area contributed by atoms with E-state index < -0.39 is 11.9 Å². The van der Waals surface area contributed by atoms with Crippen molar-refractivity contribution >= 4 is 35.6 Å². The lowest BCUT2D eigenvalue weighted by Crippen LogP contribution is -2.34. The van der Waals surface area contributed by atoms with E-state index in [0.717, 1.165) is 5.56 Å². The molecule has 9 heteroatoms. The number of hydrogen-bond donors (Lipinski definition) is 2. The molecule has 0 saturated carbocycles. The summed E-state index contributed by atoms with van der Waals surface area (Å²) in [4.78, 5) is 36.4. The van der Waals surface area contributed by atoms with E-state index in [2.05, 4.69) is 15.8 Å². The number of halogens is 1. The number of nitrogens with zero attached hydrogens (tertiary/aromatic N) is 1. The minimum absolute atomic E-state index is 0.201. The molecule has 0 aliphatic rings. The zero-order valence-corrected chi connectivity index (χ0v) is 19.3. The topological polar surface area (TPSA) is 106 Å². The lowest BCUT2D eigenvalue weighted by atomic mass is 10.1. The molecule has 3 rings (SSSR count). The van der Waals surface area contributed by atoms with Gasteiger partial charge >= 0.3 is 5.97 Å². The van der Waals surface area contributed by atoms with E-state index >= 15 is 0 Å². The number of amides is 2. The first-order valence-electron chi connectivity index (χ1n) is 10.2. The number of carbonyl (C=O) groups excluding carboxylic acids is 3. The number of rotatable bonds is 8. The Hall–Kier alpha value is -4.17. The minimum atomic E-state index is -0.620. The first kappa shape index (κ1) is 24.5. The van der Waals surface area contributed by atoms with Crippen LogP contribution in [-0.2, 0) is 4.79 Å². The second-order valence-electron chi connectivity index (χ2n) is 7.12. The molecular formula is C25H22ClN3O5. The zero-order valence-electron chi connectivity index (χ0n) is 18.5. The molecule has 0 heterocycles. The second kappa shape index (κ2) is 11.6.